The van der Waals surface area contributed by atoms with Gasteiger partial charge < -0.3 is 5.11 Å². The highest BCUT2D eigenvalue weighted by molar-refractivity contribution is 9.10. The second-order valence-corrected chi connectivity index (χ2v) is 7.46. The van der Waals surface area contributed by atoms with Crippen molar-refractivity contribution < 1.29 is 9.90 Å². The molecule has 1 unspecified atom stereocenters. The van der Waals surface area contributed by atoms with Gasteiger partial charge in [-0.25, -0.2) is 0 Å². The normalized spacial score (nSPS) is 17.4. The lowest BCUT2D eigenvalue weighted by atomic mass is 9.93. The zero-order valence-corrected chi connectivity index (χ0v) is 15.9. The largest absolute Gasteiger partial charge is 0.481 e. The molecule has 132 valence electrons. The molecule has 2 aromatic rings. The van der Waals surface area contributed by atoms with Crippen LogP contribution in [-0.2, 0) is 11.2 Å². The van der Waals surface area contributed by atoms with Gasteiger partial charge in [-0.05, 0) is 61.7 Å². The summed E-state index contributed by atoms with van der Waals surface area (Å²) in [5.74, 6) is -0.900. The fraction of sp³-hybridized carbons (Fsp3) is 0.400. The number of likely N-dealkylation sites (tertiary alicyclic amines) is 1. The van der Waals surface area contributed by atoms with Crippen molar-refractivity contribution >= 4 is 21.9 Å². The van der Waals surface area contributed by atoms with E-state index in [9.17, 15) is 9.90 Å². The number of halogens is 1. The first-order valence-corrected chi connectivity index (χ1v) is 9.55. The van der Waals surface area contributed by atoms with Crippen LogP contribution in [0.15, 0.2) is 47.1 Å². The number of aryl methyl sites for hydroxylation is 1. The van der Waals surface area contributed by atoms with E-state index in [1.54, 1.807) is 0 Å². The Labute approximate surface area is 157 Å². The van der Waals surface area contributed by atoms with Gasteiger partial charge >= 0.3 is 5.97 Å². The van der Waals surface area contributed by atoms with E-state index in [2.05, 4.69) is 52.0 Å². The molecule has 0 radical (unpaired) electrons. The average molecular weight is 403 g/mol. The summed E-state index contributed by atoms with van der Waals surface area (Å²) in [7, 11) is 0. The molecule has 1 fully saturated rings. The molecule has 1 aromatic heterocycles. The summed E-state index contributed by atoms with van der Waals surface area (Å²) in [4.78, 5) is 18.3. The van der Waals surface area contributed by atoms with E-state index in [4.69, 9.17) is 4.98 Å². The van der Waals surface area contributed by atoms with Gasteiger partial charge in [0.1, 0.15) is 0 Å². The Morgan fingerprint density at radius 3 is 2.44 bits per heavy atom. The predicted octanol–water partition coefficient (Wildman–Crippen LogP) is 4.29. The quantitative estimate of drug-likeness (QED) is 0.809. The third-order valence-electron chi connectivity index (χ3n) is 4.97. The van der Waals surface area contributed by atoms with Gasteiger partial charge in [-0.15, -0.1) is 0 Å². The molecular weight excluding hydrogens is 380 g/mol. The molecular formula is C20H23BrN2O2. The molecule has 1 aromatic carbocycles. The summed E-state index contributed by atoms with van der Waals surface area (Å²) in [6.45, 7) is 3.67. The number of benzene rings is 1. The molecule has 0 saturated carbocycles. The molecule has 2 heterocycles. The summed E-state index contributed by atoms with van der Waals surface area (Å²) in [6.07, 6.45) is 4.30. The molecule has 1 N–H and O–H groups in total. The molecule has 1 atom stereocenters. The Balaban J connectivity index is 1.89. The van der Waals surface area contributed by atoms with Gasteiger partial charge in [0.25, 0.3) is 0 Å². The summed E-state index contributed by atoms with van der Waals surface area (Å²) < 4.78 is 1.05. The monoisotopic (exact) mass is 402 g/mol. The topological polar surface area (TPSA) is 53.4 Å². The van der Waals surface area contributed by atoms with E-state index in [0.717, 1.165) is 29.7 Å². The van der Waals surface area contributed by atoms with Crippen LogP contribution in [0.5, 0.6) is 0 Å². The maximum Gasteiger partial charge on any atom is 0.306 e. The third-order valence-corrected chi connectivity index (χ3v) is 5.49. The van der Waals surface area contributed by atoms with Crippen LogP contribution in [-0.4, -0.2) is 34.0 Å². The summed E-state index contributed by atoms with van der Waals surface area (Å²) in [5, 5.41) is 9.25. The van der Waals surface area contributed by atoms with Gasteiger partial charge in [-0.1, -0.05) is 41.1 Å². The zero-order chi connectivity index (χ0) is 17.8. The van der Waals surface area contributed by atoms with Gasteiger partial charge in [-0.2, -0.15) is 0 Å². The van der Waals surface area contributed by atoms with Crippen LogP contribution in [0.25, 0.3) is 0 Å². The Morgan fingerprint density at radius 1 is 1.24 bits per heavy atom. The number of pyridine rings is 1. The van der Waals surface area contributed by atoms with E-state index < -0.39 is 5.97 Å². The van der Waals surface area contributed by atoms with Crippen LogP contribution in [0, 0.1) is 5.92 Å². The zero-order valence-electron chi connectivity index (χ0n) is 14.4. The van der Waals surface area contributed by atoms with Crippen molar-refractivity contribution in [3.05, 3.63) is 63.9 Å². The molecule has 1 saturated heterocycles. The number of hydrogen-bond donors (Lipinski definition) is 1. The molecule has 0 amide bonds. The maximum atomic E-state index is 11.2. The number of hydrogen-bond acceptors (Lipinski definition) is 3. The number of carboxylic acid groups (broad SMARTS) is 1. The highest BCUT2D eigenvalue weighted by Gasteiger charge is 2.30. The van der Waals surface area contributed by atoms with Crippen LogP contribution in [0.4, 0.5) is 0 Å². The molecule has 1 aliphatic rings. The fourth-order valence-corrected chi connectivity index (χ4v) is 3.69. The van der Waals surface area contributed by atoms with Crippen molar-refractivity contribution in [2.45, 2.75) is 32.2 Å². The Morgan fingerprint density at radius 2 is 1.92 bits per heavy atom. The van der Waals surface area contributed by atoms with Crippen LogP contribution < -0.4 is 0 Å². The van der Waals surface area contributed by atoms with Crippen molar-refractivity contribution in [3.63, 3.8) is 0 Å². The SMILES string of the molecule is CCc1ccc(C(c2ccc(Br)cc2)N2CCC(C(=O)O)CC2)nc1. The van der Waals surface area contributed by atoms with E-state index in [1.807, 2.05) is 18.3 Å². The van der Waals surface area contributed by atoms with Gasteiger partial charge in [0.05, 0.1) is 17.7 Å². The van der Waals surface area contributed by atoms with Crippen LogP contribution in [0.2, 0.25) is 0 Å². The summed E-state index contributed by atoms with van der Waals surface area (Å²) in [6, 6.07) is 12.6. The highest BCUT2D eigenvalue weighted by Crippen LogP contribution is 2.32. The second kappa shape index (κ2) is 8.11. The van der Waals surface area contributed by atoms with Gasteiger partial charge in [0.2, 0.25) is 0 Å². The van der Waals surface area contributed by atoms with Crippen LogP contribution >= 0.6 is 15.9 Å². The predicted molar refractivity (Wildman–Crippen MR) is 102 cm³/mol. The lowest BCUT2D eigenvalue weighted by Gasteiger charge is -2.36. The van der Waals surface area contributed by atoms with Crippen LogP contribution in [0.1, 0.15) is 42.6 Å². The average Bonchev–Trinajstić information content (AvgIpc) is 2.64. The third kappa shape index (κ3) is 4.28. The van der Waals surface area contributed by atoms with Crippen LogP contribution in [0.3, 0.4) is 0 Å². The van der Waals surface area contributed by atoms with E-state index in [1.165, 1.54) is 11.1 Å². The number of carbonyl (C=O) groups is 1. The van der Waals surface area contributed by atoms with Crippen molar-refractivity contribution in [2.24, 2.45) is 5.92 Å². The minimum Gasteiger partial charge on any atom is -0.481 e. The first kappa shape index (κ1) is 18.1. The number of aromatic nitrogens is 1. The Bertz CT molecular complexity index is 707. The van der Waals surface area contributed by atoms with Crippen molar-refractivity contribution in [1.82, 2.24) is 9.88 Å². The molecule has 0 aliphatic carbocycles. The highest BCUT2D eigenvalue weighted by atomic mass is 79.9. The molecule has 3 rings (SSSR count). The molecule has 4 nitrogen and oxygen atoms in total. The lowest BCUT2D eigenvalue weighted by molar-refractivity contribution is -0.143. The summed E-state index contributed by atoms with van der Waals surface area (Å²) in [5.41, 5.74) is 3.44. The van der Waals surface area contributed by atoms with Crippen molar-refractivity contribution in [2.75, 3.05) is 13.1 Å². The number of rotatable bonds is 5. The molecule has 25 heavy (non-hydrogen) atoms. The van der Waals surface area contributed by atoms with Gasteiger partial charge in [0.15, 0.2) is 0 Å². The van der Waals surface area contributed by atoms with Gasteiger partial charge in [0, 0.05) is 10.7 Å². The second-order valence-electron chi connectivity index (χ2n) is 6.55. The lowest BCUT2D eigenvalue weighted by Crippen LogP contribution is -2.39. The molecule has 1 aliphatic heterocycles. The minimum absolute atomic E-state index is 0.0637. The maximum absolute atomic E-state index is 11.2. The number of piperidine rings is 1. The summed E-state index contributed by atoms with van der Waals surface area (Å²) >= 11 is 3.50. The number of aliphatic carboxylic acids is 1. The van der Waals surface area contributed by atoms with Crippen molar-refractivity contribution in [1.29, 1.82) is 0 Å². The standard InChI is InChI=1S/C20H23BrN2O2/c1-2-14-3-8-18(22-13-14)19(15-4-6-17(21)7-5-15)23-11-9-16(10-12-23)20(24)25/h3-8,13,16,19H,2,9-12H2,1H3,(H,24,25). The molecule has 0 bridgehead atoms. The fourth-order valence-electron chi connectivity index (χ4n) is 3.43. The van der Waals surface area contributed by atoms with E-state index in [0.29, 0.717) is 12.8 Å². The van der Waals surface area contributed by atoms with E-state index >= 15 is 0 Å². The van der Waals surface area contributed by atoms with E-state index in [-0.39, 0.29) is 12.0 Å². The minimum atomic E-state index is -0.676. The Hall–Kier alpha value is -1.72. The van der Waals surface area contributed by atoms with Gasteiger partial charge in [-0.3, -0.25) is 14.7 Å². The first-order valence-electron chi connectivity index (χ1n) is 8.75. The Kier molecular flexibility index (Phi) is 5.86. The smallest absolute Gasteiger partial charge is 0.306 e. The first-order chi connectivity index (χ1) is 12.1. The van der Waals surface area contributed by atoms with Crippen molar-refractivity contribution in [3.8, 4) is 0 Å². The molecule has 5 heteroatoms. The number of nitrogens with zero attached hydrogens (tertiary/aromatic N) is 2. The molecule has 0 spiro atoms. The number of carboxylic acids is 1.